The van der Waals surface area contributed by atoms with E-state index in [1.165, 1.54) is 7.11 Å². The third-order valence-electron chi connectivity index (χ3n) is 3.62. The van der Waals surface area contributed by atoms with Crippen molar-refractivity contribution >= 4 is 135 Å². The Morgan fingerprint density at radius 1 is 1.00 bits per heavy atom. The van der Waals surface area contributed by atoms with Crippen molar-refractivity contribution in [1.82, 2.24) is 9.32 Å². The second-order valence-corrected chi connectivity index (χ2v) is 10.6. The second-order valence-electron chi connectivity index (χ2n) is 5.37. The molecule has 0 unspecified atom stereocenters. The van der Waals surface area contributed by atoms with Crippen molar-refractivity contribution in [3.8, 4) is 0 Å². The molecule has 0 saturated heterocycles. The van der Waals surface area contributed by atoms with Crippen molar-refractivity contribution < 1.29 is 19.1 Å². The molecule has 0 saturated carbocycles. The average Bonchev–Trinajstić information content (AvgIpc) is 2.66. The molecular weight excluding hydrogens is 874 g/mol. The summed E-state index contributed by atoms with van der Waals surface area (Å²) in [6, 6.07) is 0. The quantitative estimate of drug-likeness (QED) is 0.224. The van der Waals surface area contributed by atoms with Crippen molar-refractivity contribution in [2.24, 2.45) is 0 Å². The molecule has 0 atom stereocenters. The zero-order chi connectivity index (χ0) is 22.3. The minimum Gasteiger partial charge on any atom is -0.386 e. The first kappa shape index (κ1) is 28.1. The van der Waals surface area contributed by atoms with Gasteiger partial charge in [-0.2, -0.15) is 0 Å². The van der Waals surface area contributed by atoms with Gasteiger partial charge in [0.25, 0.3) is 17.7 Å². The average molecular weight is 891 g/mol. The van der Waals surface area contributed by atoms with E-state index in [0.717, 1.165) is 9.32 Å². The monoisotopic (exact) mass is 889 g/mol. The van der Waals surface area contributed by atoms with Crippen LogP contribution in [-0.4, -0.2) is 71.6 Å². The van der Waals surface area contributed by atoms with E-state index in [0.29, 0.717) is 39.2 Å². The van der Waals surface area contributed by atoms with Gasteiger partial charge in [0.1, 0.15) is 6.61 Å². The van der Waals surface area contributed by atoms with Gasteiger partial charge >= 0.3 is 0 Å². The smallest absolute Gasteiger partial charge is 0.270 e. The number of amides is 3. The highest BCUT2D eigenvalue weighted by Crippen LogP contribution is 2.37. The lowest BCUT2D eigenvalue weighted by Crippen LogP contribution is -2.41. The van der Waals surface area contributed by atoms with Crippen molar-refractivity contribution in [2.45, 2.75) is 0 Å². The molecule has 1 rings (SSSR count). The zero-order valence-electron chi connectivity index (χ0n) is 15.3. The topological polar surface area (TPSA) is 79.0 Å². The molecule has 1 aromatic rings. The molecule has 1 aromatic carbocycles. The van der Waals surface area contributed by atoms with Gasteiger partial charge in [-0.1, -0.05) is 31.9 Å². The van der Waals surface area contributed by atoms with E-state index in [2.05, 4.69) is 59.8 Å². The van der Waals surface area contributed by atoms with Gasteiger partial charge in [-0.25, -0.2) is 4.42 Å². The van der Waals surface area contributed by atoms with Crippen molar-refractivity contribution in [1.29, 1.82) is 0 Å². The maximum Gasteiger partial charge on any atom is 0.270 e. The highest BCUT2D eigenvalue weighted by atomic mass is 127. The number of carbonyl (C=O) groups is 3. The molecule has 0 bridgehead atoms. The Morgan fingerprint density at radius 3 is 1.97 bits per heavy atom. The Balaban J connectivity index is 3.69. The number of hydrogen-bond donors (Lipinski definition) is 1. The number of rotatable bonds is 9. The Kier molecular flexibility index (Phi) is 13.1. The minimum atomic E-state index is -0.496. The van der Waals surface area contributed by atoms with Crippen molar-refractivity contribution in [3.63, 3.8) is 0 Å². The van der Waals surface area contributed by atoms with E-state index < -0.39 is 17.7 Å². The number of alkyl halides is 2. The lowest BCUT2D eigenvalue weighted by molar-refractivity contribution is -0.132. The Hall–Kier alpha value is 1.03. The van der Waals surface area contributed by atoms with E-state index >= 15 is 0 Å². The summed E-state index contributed by atoms with van der Waals surface area (Å²) in [7, 11) is 3.10. The summed E-state index contributed by atoms with van der Waals surface area (Å²) in [4.78, 5) is 39.9. The number of nitrogens with one attached hydrogen (secondary N) is 1. The van der Waals surface area contributed by atoms with Crippen LogP contribution in [0.3, 0.4) is 0 Å². The molecule has 162 valence electrons. The fourth-order valence-electron chi connectivity index (χ4n) is 2.32. The molecule has 0 aliphatic heterocycles. The summed E-state index contributed by atoms with van der Waals surface area (Å²) in [6.45, 7) is 0.239. The van der Waals surface area contributed by atoms with Crippen molar-refractivity contribution in [3.05, 3.63) is 21.8 Å². The fourth-order valence-corrected chi connectivity index (χ4v) is 8.03. The largest absolute Gasteiger partial charge is 0.386 e. The van der Waals surface area contributed by atoms with Gasteiger partial charge in [0, 0.05) is 53.3 Å². The second kappa shape index (κ2) is 13.5. The molecule has 0 fully saturated rings. The number of nitrogens with zero attached hydrogens (tertiary/aromatic N) is 2. The van der Waals surface area contributed by atoms with E-state index in [9.17, 15) is 14.4 Å². The van der Waals surface area contributed by atoms with Crippen LogP contribution in [0.5, 0.6) is 0 Å². The molecule has 0 spiro atoms. The summed E-state index contributed by atoms with van der Waals surface area (Å²) in [6.07, 6.45) is 0. The van der Waals surface area contributed by atoms with Crippen LogP contribution in [-0.2, 0) is 9.53 Å². The lowest BCUT2D eigenvalue weighted by atomic mass is 10.1. The summed E-state index contributed by atoms with van der Waals surface area (Å²) in [5.74, 6) is -1.37. The molecule has 0 aliphatic carbocycles. The van der Waals surface area contributed by atoms with Crippen LogP contribution in [0, 0.1) is 10.7 Å². The molecule has 1 N–H and O–H groups in total. The number of imide groups is 1. The van der Waals surface area contributed by atoms with Gasteiger partial charge in [-0.05, 0) is 67.8 Å². The van der Waals surface area contributed by atoms with Crippen LogP contribution >= 0.6 is 111 Å². The van der Waals surface area contributed by atoms with E-state index in [4.69, 9.17) is 16.5 Å². The third kappa shape index (κ3) is 6.76. The van der Waals surface area contributed by atoms with E-state index in [1.807, 2.05) is 45.2 Å². The highest BCUT2D eigenvalue weighted by Gasteiger charge is 2.33. The van der Waals surface area contributed by atoms with Crippen LogP contribution < -0.4 is 5.32 Å². The SMILES string of the molecule is CNc1c(I)c(C(=O)N(Cl)CCBr)c(I)c(C(=O)N(CCBr)C(=O)COC)c1I. The molecule has 0 aromatic heterocycles. The van der Waals surface area contributed by atoms with Gasteiger partial charge < -0.3 is 10.1 Å². The number of carbonyl (C=O) groups excluding carboxylic acids is 3. The van der Waals surface area contributed by atoms with Crippen molar-refractivity contribution in [2.75, 3.05) is 49.8 Å². The van der Waals surface area contributed by atoms with Gasteiger partial charge in [0.05, 0.1) is 24.0 Å². The first-order chi connectivity index (χ1) is 13.7. The molecule has 0 heterocycles. The Morgan fingerprint density at radius 2 is 1.52 bits per heavy atom. The molecule has 0 radical (unpaired) electrons. The van der Waals surface area contributed by atoms with Gasteiger partial charge in [-0.3, -0.25) is 19.3 Å². The first-order valence-corrected chi connectivity index (χ1v) is 13.8. The minimum absolute atomic E-state index is 0.169. The fraction of sp³-hybridized carbons (Fsp3) is 0.438. The number of methoxy groups -OCH3 is 1. The number of anilines is 1. The molecule has 13 heteroatoms. The molecule has 7 nitrogen and oxygen atoms in total. The third-order valence-corrected chi connectivity index (χ3v) is 7.89. The van der Waals surface area contributed by atoms with E-state index in [1.54, 1.807) is 7.05 Å². The van der Waals surface area contributed by atoms with Gasteiger partial charge in [0.2, 0.25) is 0 Å². The number of hydrogen-bond acceptors (Lipinski definition) is 5. The van der Waals surface area contributed by atoms with Crippen LogP contribution in [0.2, 0.25) is 0 Å². The normalized spacial score (nSPS) is 10.6. The summed E-state index contributed by atoms with van der Waals surface area (Å²) in [5.41, 5.74) is 1.21. The zero-order valence-corrected chi connectivity index (χ0v) is 25.7. The number of benzene rings is 1. The Labute approximate surface area is 232 Å². The van der Waals surface area contributed by atoms with Crippen LogP contribution in [0.1, 0.15) is 20.7 Å². The summed E-state index contributed by atoms with van der Waals surface area (Å²) >= 11 is 18.7. The Bertz CT molecular complexity index is 801. The maximum atomic E-state index is 13.4. The van der Waals surface area contributed by atoms with Gasteiger partial charge in [0.15, 0.2) is 0 Å². The molecule has 0 aliphatic rings. The molecular formula is C16H17Br2ClI3N3O4. The number of ether oxygens (including phenoxy) is 1. The maximum absolute atomic E-state index is 13.4. The predicted octanol–water partition coefficient (Wildman–Crippen LogP) is 4.54. The highest BCUT2D eigenvalue weighted by molar-refractivity contribution is 14.1. The standard InChI is InChI=1S/C16H17Br2ClI3N3O4/c1-23-14-12(21)9(15(27)24(5-3-17)8(26)7-29-2)11(20)10(13(14)22)16(28)25(19)6-4-18/h23H,3-7H2,1-2H3. The first-order valence-electron chi connectivity index (χ1n) is 7.99. The predicted molar refractivity (Wildman–Crippen MR) is 147 cm³/mol. The summed E-state index contributed by atoms with van der Waals surface area (Å²) in [5, 5.41) is 3.97. The van der Waals surface area contributed by atoms with Crippen LogP contribution in [0.15, 0.2) is 0 Å². The molecule has 3 amide bonds. The number of halogens is 6. The summed E-state index contributed by atoms with van der Waals surface area (Å²) < 4.78 is 7.68. The lowest BCUT2D eigenvalue weighted by Gasteiger charge is -2.24. The van der Waals surface area contributed by atoms with Gasteiger partial charge in [-0.15, -0.1) is 0 Å². The van der Waals surface area contributed by atoms with Crippen LogP contribution in [0.25, 0.3) is 0 Å². The van der Waals surface area contributed by atoms with Crippen LogP contribution in [0.4, 0.5) is 5.69 Å². The molecule has 29 heavy (non-hydrogen) atoms. The van der Waals surface area contributed by atoms with E-state index in [-0.39, 0.29) is 18.7 Å².